The first kappa shape index (κ1) is 9.58. The monoisotopic (exact) mass is 170 g/mol. The lowest BCUT2D eigenvalue weighted by atomic mass is 10.2. The van der Waals surface area contributed by atoms with Crippen molar-refractivity contribution in [1.29, 1.82) is 0 Å². The van der Waals surface area contributed by atoms with Crippen LogP contribution in [0.3, 0.4) is 0 Å². The Morgan fingerprint density at radius 3 is 2.00 bits per heavy atom. The Morgan fingerprint density at radius 1 is 1.00 bits per heavy atom. The zero-order valence-corrected chi connectivity index (χ0v) is 9.18. The highest BCUT2D eigenvalue weighted by Gasteiger charge is 2.27. The van der Waals surface area contributed by atoms with Crippen molar-refractivity contribution >= 4 is 14.5 Å². The molecule has 1 heterocycles. The van der Waals surface area contributed by atoms with Crippen molar-refractivity contribution in [3.8, 4) is 0 Å². The summed E-state index contributed by atoms with van der Waals surface area (Å²) in [6, 6.07) is 0. The average Bonchev–Trinajstić information content (AvgIpc) is 1.85. The summed E-state index contributed by atoms with van der Waals surface area (Å²) in [4.78, 5) is 0. The number of hydrogen-bond donors (Lipinski definition) is 0. The number of hydrogen-bond acceptors (Lipinski definition) is 1. The van der Waals surface area contributed by atoms with Crippen LogP contribution in [0.5, 0.6) is 0 Å². The van der Waals surface area contributed by atoms with Crippen molar-refractivity contribution < 1.29 is 3.79 Å². The van der Waals surface area contributed by atoms with Gasteiger partial charge in [0.2, 0.25) is 0 Å². The molecule has 0 spiro atoms. The van der Waals surface area contributed by atoms with Gasteiger partial charge in [-0.3, -0.25) is 0 Å². The van der Waals surface area contributed by atoms with Crippen LogP contribution in [0.15, 0.2) is 0 Å². The van der Waals surface area contributed by atoms with Gasteiger partial charge >= 0.3 is 14.5 Å². The molecule has 0 radical (unpaired) electrons. The molecule has 0 aromatic rings. The van der Waals surface area contributed by atoms with E-state index < -0.39 is 14.5 Å². The minimum atomic E-state index is -0.751. The van der Waals surface area contributed by atoms with E-state index in [0.29, 0.717) is 0 Å². The third-order valence-corrected chi connectivity index (χ3v) is 5.22. The Kier molecular flexibility index (Phi) is 3.43. The molecule has 0 atom stereocenters. The first-order valence-electron chi connectivity index (χ1n) is 4.76. The number of rotatable bonds is 1. The Bertz CT molecular complexity index is 111. The second kappa shape index (κ2) is 3.94. The van der Waals surface area contributed by atoms with Crippen LogP contribution in [0.25, 0.3) is 0 Å². The summed E-state index contributed by atoms with van der Waals surface area (Å²) >= 11 is -0.751. The van der Waals surface area contributed by atoms with E-state index in [1.165, 1.54) is 29.8 Å². The van der Waals surface area contributed by atoms with Crippen LogP contribution in [0.4, 0.5) is 0 Å². The lowest BCUT2D eigenvalue weighted by Gasteiger charge is -2.27. The standard InChI is InChI=1S/C5H10.C4H9O.Al/c1-3-5-4-2;1-4(2,3)5;/h1-5H2;1-3H3;/q;-1;+1. The fourth-order valence-electron chi connectivity index (χ4n) is 1.68. The van der Waals surface area contributed by atoms with Crippen molar-refractivity contribution in [3.05, 3.63) is 0 Å². The van der Waals surface area contributed by atoms with Crippen molar-refractivity contribution in [1.82, 2.24) is 0 Å². The van der Waals surface area contributed by atoms with E-state index in [0.717, 1.165) is 0 Å². The highest BCUT2D eigenvalue weighted by atomic mass is 27.2. The lowest BCUT2D eigenvalue weighted by Crippen LogP contribution is -2.31. The Labute approximate surface area is 74.9 Å². The van der Waals surface area contributed by atoms with Crippen LogP contribution in [-0.2, 0) is 3.79 Å². The zero-order chi connectivity index (χ0) is 8.32. The molecule has 64 valence electrons. The Balaban J connectivity index is 2.24. The van der Waals surface area contributed by atoms with Gasteiger partial charge in [0.1, 0.15) is 0 Å². The third kappa shape index (κ3) is 4.16. The molecular weight excluding hydrogens is 151 g/mol. The van der Waals surface area contributed by atoms with Crippen LogP contribution < -0.4 is 0 Å². The fraction of sp³-hybridized carbons (Fsp3) is 1.00. The van der Waals surface area contributed by atoms with Gasteiger partial charge in [-0.25, -0.2) is 0 Å². The van der Waals surface area contributed by atoms with Crippen molar-refractivity contribution in [3.63, 3.8) is 0 Å². The van der Waals surface area contributed by atoms with Gasteiger partial charge in [-0.05, 0) is 20.8 Å². The van der Waals surface area contributed by atoms with Gasteiger partial charge in [0.15, 0.2) is 0 Å². The van der Waals surface area contributed by atoms with Crippen LogP contribution >= 0.6 is 0 Å². The predicted octanol–water partition coefficient (Wildman–Crippen LogP) is 2.98. The molecule has 1 nitrogen and oxygen atoms in total. The molecule has 0 aromatic heterocycles. The average molecular weight is 170 g/mol. The summed E-state index contributed by atoms with van der Waals surface area (Å²) in [5.74, 6) is 0. The van der Waals surface area contributed by atoms with Gasteiger partial charge < -0.3 is 3.79 Å². The summed E-state index contributed by atoms with van der Waals surface area (Å²) in [6.07, 6.45) is 4.29. The van der Waals surface area contributed by atoms with E-state index in [1.807, 2.05) is 0 Å². The second-order valence-corrected chi connectivity index (χ2v) is 7.12. The minimum Gasteiger partial charge on any atom is -0.496 e. The molecule has 2 heteroatoms. The third-order valence-electron chi connectivity index (χ3n) is 2.07. The normalized spacial score (nSPS) is 20.5. The van der Waals surface area contributed by atoms with Crippen LogP contribution in [0.2, 0.25) is 10.6 Å². The van der Waals surface area contributed by atoms with Gasteiger partial charge in [-0.15, -0.1) is 0 Å². The van der Waals surface area contributed by atoms with Crippen LogP contribution in [-0.4, -0.2) is 20.1 Å². The molecule has 1 saturated heterocycles. The molecule has 0 amide bonds. The van der Waals surface area contributed by atoms with Gasteiger partial charge in [0.25, 0.3) is 0 Å². The maximum atomic E-state index is 6.02. The molecule has 0 bridgehead atoms. The van der Waals surface area contributed by atoms with Gasteiger partial charge in [0, 0.05) is 5.60 Å². The summed E-state index contributed by atoms with van der Waals surface area (Å²) in [5, 5.41) is 2.83. The molecule has 0 aromatic carbocycles. The lowest BCUT2D eigenvalue weighted by molar-refractivity contribution is 0.125. The van der Waals surface area contributed by atoms with Gasteiger partial charge in [-0.2, -0.15) is 0 Å². The summed E-state index contributed by atoms with van der Waals surface area (Å²) in [7, 11) is 0. The molecule has 1 aliphatic rings. The van der Waals surface area contributed by atoms with Crippen LogP contribution in [0.1, 0.15) is 40.0 Å². The Hall–Kier alpha value is 0.492. The molecule has 0 saturated carbocycles. The summed E-state index contributed by atoms with van der Waals surface area (Å²) in [6.45, 7) is 6.53. The highest BCUT2D eigenvalue weighted by Crippen LogP contribution is 2.23. The molecule has 1 rings (SSSR count). The molecule has 1 aliphatic heterocycles. The van der Waals surface area contributed by atoms with Crippen LogP contribution in [0, 0.1) is 0 Å². The smallest absolute Gasteiger partial charge is 0.461 e. The summed E-state index contributed by atoms with van der Waals surface area (Å²) in [5.41, 5.74) is 0.119. The minimum absolute atomic E-state index is 0.119. The van der Waals surface area contributed by atoms with E-state index in [1.54, 1.807) is 0 Å². The van der Waals surface area contributed by atoms with E-state index >= 15 is 0 Å². The van der Waals surface area contributed by atoms with E-state index in [9.17, 15) is 0 Å². The highest BCUT2D eigenvalue weighted by molar-refractivity contribution is 6.52. The largest absolute Gasteiger partial charge is 0.496 e. The van der Waals surface area contributed by atoms with Gasteiger partial charge in [0.05, 0.1) is 0 Å². The summed E-state index contributed by atoms with van der Waals surface area (Å²) < 4.78 is 6.02. The second-order valence-electron chi connectivity index (χ2n) is 4.49. The Morgan fingerprint density at radius 2 is 1.55 bits per heavy atom. The molecule has 0 unspecified atom stereocenters. The van der Waals surface area contributed by atoms with Gasteiger partial charge in [-0.1, -0.05) is 29.8 Å². The molecule has 1 fully saturated rings. The first-order chi connectivity index (χ1) is 5.08. The van der Waals surface area contributed by atoms with Crippen molar-refractivity contribution in [2.24, 2.45) is 0 Å². The topological polar surface area (TPSA) is 9.23 Å². The van der Waals surface area contributed by atoms with E-state index in [4.69, 9.17) is 3.79 Å². The van der Waals surface area contributed by atoms with Crippen molar-refractivity contribution in [2.75, 3.05) is 0 Å². The zero-order valence-electron chi connectivity index (χ0n) is 8.02. The molecular formula is C9H19AlO. The molecule has 11 heavy (non-hydrogen) atoms. The van der Waals surface area contributed by atoms with E-state index in [2.05, 4.69) is 20.8 Å². The maximum Gasteiger partial charge on any atom is 0.461 e. The van der Waals surface area contributed by atoms with E-state index in [-0.39, 0.29) is 5.60 Å². The SMILES string of the molecule is CC(C)(C)[O][Al]1[CH2]CCC[CH2]1. The quantitative estimate of drug-likeness (QED) is 0.550. The molecule has 0 aliphatic carbocycles. The molecule has 0 N–H and O–H groups in total. The first-order valence-corrected chi connectivity index (χ1v) is 6.86. The fourth-order valence-corrected chi connectivity index (χ4v) is 4.70. The maximum absolute atomic E-state index is 6.02. The van der Waals surface area contributed by atoms with Crippen molar-refractivity contribution in [2.45, 2.75) is 56.2 Å². The predicted molar refractivity (Wildman–Crippen MR) is 50.1 cm³/mol.